The Bertz CT molecular complexity index is 438. The predicted octanol–water partition coefficient (Wildman–Crippen LogP) is 0.238. The van der Waals surface area contributed by atoms with Crippen LogP contribution >= 0.6 is 0 Å². The van der Waals surface area contributed by atoms with Gasteiger partial charge < -0.3 is 16.2 Å². The third-order valence-electron chi connectivity index (χ3n) is 5.17. The third kappa shape index (κ3) is 3.13. The molecular weight excluding hydrogens is 282 g/mol. The molecule has 2 saturated heterocycles. The highest BCUT2D eigenvalue weighted by atomic mass is 16.3. The maximum Gasteiger partial charge on any atom is 0.242 e. The minimum absolute atomic E-state index is 0.137. The van der Waals surface area contributed by atoms with E-state index >= 15 is 0 Å². The highest BCUT2D eigenvalue weighted by Crippen LogP contribution is 2.40. The topological polar surface area (TPSA) is 95.7 Å². The predicted molar refractivity (Wildman–Crippen MR) is 83.9 cm³/mol. The lowest BCUT2D eigenvalue weighted by atomic mass is 9.87. The minimum Gasteiger partial charge on any atom is -0.393 e. The van der Waals surface area contributed by atoms with Crippen molar-refractivity contribution in [1.29, 1.82) is 0 Å². The Morgan fingerprint density at radius 3 is 2.59 bits per heavy atom. The number of carbonyl (C=O) groups is 2. The molecule has 4 N–H and O–H groups in total. The lowest BCUT2D eigenvalue weighted by Gasteiger charge is -2.47. The van der Waals surface area contributed by atoms with E-state index in [0.29, 0.717) is 12.3 Å². The SMILES string of the molecule is CC(C)CN1C(CC[C@H](C(N)=O)[C@@H](C)O)CCC12CNC2=O. The number of rotatable bonds is 7. The number of nitrogens with zero attached hydrogens (tertiary/aromatic N) is 1. The van der Waals surface area contributed by atoms with Crippen LogP contribution in [0, 0.1) is 11.8 Å². The van der Waals surface area contributed by atoms with Crippen LogP contribution in [0.15, 0.2) is 0 Å². The van der Waals surface area contributed by atoms with Crippen LogP contribution in [-0.2, 0) is 9.59 Å². The van der Waals surface area contributed by atoms with Gasteiger partial charge in [-0.05, 0) is 38.5 Å². The lowest BCUT2D eigenvalue weighted by Crippen LogP contribution is -2.71. The second kappa shape index (κ2) is 6.54. The van der Waals surface area contributed by atoms with Gasteiger partial charge in [0.2, 0.25) is 11.8 Å². The molecule has 2 heterocycles. The van der Waals surface area contributed by atoms with Crippen molar-refractivity contribution in [1.82, 2.24) is 10.2 Å². The van der Waals surface area contributed by atoms with E-state index in [0.717, 1.165) is 32.4 Å². The van der Waals surface area contributed by atoms with Crippen molar-refractivity contribution in [3.63, 3.8) is 0 Å². The van der Waals surface area contributed by atoms with Gasteiger partial charge in [0.15, 0.2) is 0 Å². The average Bonchev–Trinajstić information content (AvgIpc) is 2.77. The summed E-state index contributed by atoms with van der Waals surface area (Å²) < 4.78 is 0. The second-order valence-corrected chi connectivity index (χ2v) is 7.28. The maximum absolute atomic E-state index is 12.1. The first kappa shape index (κ1) is 17.2. The van der Waals surface area contributed by atoms with Crippen molar-refractivity contribution in [2.45, 2.75) is 64.1 Å². The molecule has 4 atom stereocenters. The molecule has 22 heavy (non-hydrogen) atoms. The molecule has 2 fully saturated rings. The van der Waals surface area contributed by atoms with E-state index in [1.165, 1.54) is 0 Å². The van der Waals surface area contributed by atoms with Crippen molar-refractivity contribution in [3.8, 4) is 0 Å². The van der Waals surface area contributed by atoms with Gasteiger partial charge in [-0.1, -0.05) is 13.8 Å². The molecule has 2 rings (SSSR count). The molecule has 0 bridgehead atoms. The van der Waals surface area contributed by atoms with Crippen molar-refractivity contribution >= 4 is 11.8 Å². The van der Waals surface area contributed by atoms with Crippen LogP contribution < -0.4 is 11.1 Å². The fraction of sp³-hybridized carbons (Fsp3) is 0.875. The van der Waals surface area contributed by atoms with Crippen molar-refractivity contribution < 1.29 is 14.7 Å². The lowest BCUT2D eigenvalue weighted by molar-refractivity contribution is -0.143. The number of aliphatic hydroxyl groups excluding tert-OH is 1. The number of amides is 2. The van der Waals surface area contributed by atoms with Gasteiger partial charge in [-0.25, -0.2) is 0 Å². The van der Waals surface area contributed by atoms with Crippen LogP contribution in [0.3, 0.4) is 0 Å². The third-order valence-corrected chi connectivity index (χ3v) is 5.17. The zero-order valence-corrected chi connectivity index (χ0v) is 13.8. The van der Waals surface area contributed by atoms with E-state index < -0.39 is 17.9 Å². The van der Waals surface area contributed by atoms with E-state index in [1.54, 1.807) is 6.92 Å². The fourth-order valence-electron chi connectivity index (χ4n) is 3.86. The summed E-state index contributed by atoms with van der Waals surface area (Å²) in [5, 5.41) is 12.6. The summed E-state index contributed by atoms with van der Waals surface area (Å²) in [7, 11) is 0. The van der Waals surface area contributed by atoms with Gasteiger partial charge in [0.1, 0.15) is 5.54 Å². The average molecular weight is 311 g/mol. The van der Waals surface area contributed by atoms with Crippen LogP contribution in [0.1, 0.15) is 46.5 Å². The van der Waals surface area contributed by atoms with E-state index in [4.69, 9.17) is 5.73 Å². The van der Waals surface area contributed by atoms with Gasteiger partial charge in [0.25, 0.3) is 0 Å². The molecule has 0 aromatic rings. The van der Waals surface area contributed by atoms with Crippen LogP contribution in [0.25, 0.3) is 0 Å². The summed E-state index contributed by atoms with van der Waals surface area (Å²) in [5.41, 5.74) is 5.04. The molecule has 1 spiro atoms. The van der Waals surface area contributed by atoms with E-state index in [9.17, 15) is 14.7 Å². The molecule has 126 valence electrons. The number of carbonyl (C=O) groups excluding carboxylic acids is 2. The molecule has 0 aromatic carbocycles. The first-order chi connectivity index (χ1) is 10.3. The summed E-state index contributed by atoms with van der Waals surface area (Å²) in [6, 6.07) is 0.286. The molecule has 2 unspecified atom stereocenters. The standard InChI is InChI=1S/C16H29N3O3/c1-10(2)8-19-12(4-5-13(11(3)20)14(17)21)6-7-16(19)9-18-15(16)22/h10-13,20H,4-9H2,1-3H3,(H2,17,21)(H,18,22)/t11-,12?,13+,16?/m1/s1. The highest BCUT2D eigenvalue weighted by Gasteiger charge is 2.56. The Labute approximate surface area is 132 Å². The number of aliphatic hydroxyl groups is 1. The number of hydrogen-bond acceptors (Lipinski definition) is 4. The molecule has 0 aliphatic carbocycles. The molecule has 0 saturated carbocycles. The first-order valence-corrected chi connectivity index (χ1v) is 8.30. The van der Waals surface area contributed by atoms with Gasteiger partial charge in [-0.15, -0.1) is 0 Å². The number of nitrogens with one attached hydrogen (secondary N) is 1. The quantitative estimate of drug-likeness (QED) is 0.587. The van der Waals surface area contributed by atoms with Crippen molar-refractivity contribution in [3.05, 3.63) is 0 Å². The zero-order chi connectivity index (χ0) is 16.5. The molecule has 6 nitrogen and oxygen atoms in total. The Kier molecular flexibility index (Phi) is 5.12. The Morgan fingerprint density at radius 1 is 1.50 bits per heavy atom. The zero-order valence-electron chi connectivity index (χ0n) is 13.8. The van der Waals surface area contributed by atoms with Crippen LogP contribution in [0.5, 0.6) is 0 Å². The second-order valence-electron chi connectivity index (χ2n) is 7.28. The number of hydrogen-bond donors (Lipinski definition) is 3. The number of primary amides is 1. The molecule has 6 heteroatoms. The molecular formula is C16H29N3O3. The number of nitrogens with two attached hydrogens (primary N) is 1. The Morgan fingerprint density at radius 2 is 2.18 bits per heavy atom. The summed E-state index contributed by atoms with van der Waals surface area (Å²) in [6.07, 6.45) is 2.49. The van der Waals surface area contributed by atoms with E-state index in [1.807, 2.05) is 0 Å². The minimum atomic E-state index is -0.724. The Hall–Kier alpha value is -1.14. The van der Waals surface area contributed by atoms with Gasteiger partial charge >= 0.3 is 0 Å². The molecule has 0 radical (unpaired) electrons. The maximum atomic E-state index is 12.1. The normalized spacial score (nSPS) is 31.1. The van der Waals surface area contributed by atoms with Crippen molar-refractivity contribution in [2.75, 3.05) is 13.1 Å². The van der Waals surface area contributed by atoms with Crippen LogP contribution in [-0.4, -0.2) is 52.6 Å². The fourth-order valence-corrected chi connectivity index (χ4v) is 3.86. The van der Waals surface area contributed by atoms with Gasteiger partial charge in [0.05, 0.1) is 12.0 Å². The largest absolute Gasteiger partial charge is 0.393 e. The van der Waals surface area contributed by atoms with Crippen LogP contribution in [0.4, 0.5) is 0 Å². The Balaban J connectivity index is 2.03. The smallest absolute Gasteiger partial charge is 0.242 e. The number of likely N-dealkylation sites (tertiary alicyclic amines) is 1. The summed E-state index contributed by atoms with van der Waals surface area (Å²) >= 11 is 0. The summed E-state index contributed by atoms with van der Waals surface area (Å²) in [4.78, 5) is 25.8. The molecule has 2 aliphatic heterocycles. The summed E-state index contributed by atoms with van der Waals surface area (Å²) in [6.45, 7) is 7.53. The van der Waals surface area contributed by atoms with Crippen LogP contribution in [0.2, 0.25) is 0 Å². The van der Waals surface area contributed by atoms with Gasteiger partial charge in [-0.3, -0.25) is 14.5 Å². The van der Waals surface area contributed by atoms with E-state index in [2.05, 4.69) is 24.1 Å². The molecule has 0 aromatic heterocycles. The monoisotopic (exact) mass is 311 g/mol. The van der Waals surface area contributed by atoms with E-state index in [-0.39, 0.29) is 17.5 Å². The highest BCUT2D eigenvalue weighted by molar-refractivity contribution is 5.93. The van der Waals surface area contributed by atoms with Crippen molar-refractivity contribution in [2.24, 2.45) is 17.6 Å². The van der Waals surface area contributed by atoms with Gasteiger partial charge in [0, 0.05) is 19.1 Å². The van der Waals surface area contributed by atoms with Gasteiger partial charge in [-0.2, -0.15) is 0 Å². The first-order valence-electron chi connectivity index (χ1n) is 8.30. The number of β-lactam (4-membered cyclic amide) rings is 1. The summed E-state index contributed by atoms with van der Waals surface area (Å²) in [5.74, 6) is -0.334. The molecule has 2 aliphatic rings. The molecule has 2 amide bonds.